The van der Waals surface area contributed by atoms with E-state index in [1.165, 1.54) is 17.0 Å². The van der Waals surface area contributed by atoms with Gasteiger partial charge in [-0.05, 0) is 62.6 Å². The Morgan fingerprint density at radius 1 is 0.897 bits per heavy atom. The molecule has 7 nitrogen and oxygen atoms in total. The fourth-order valence-corrected chi connectivity index (χ4v) is 5.78. The molecule has 0 aliphatic carbocycles. The number of carbonyl (C=O) groups excluding carboxylic acids is 2. The van der Waals surface area contributed by atoms with E-state index in [9.17, 15) is 18.0 Å². The van der Waals surface area contributed by atoms with Crippen LogP contribution >= 0.6 is 11.6 Å². The summed E-state index contributed by atoms with van der Waals surface area (Å²) in [5, 5.41) is 3.33. The van der Waals surface area contributed by atoms with Crippen LogP contribution in [0.3, 0.4) is 0 Å². The number of hydrogen-bond donors (Lipinski definition) is 1. The van der Waals surface area contributed by atoms with E-state index in [1.54, 1.807) is 54.6 Å². The van der Waals surface area contributed by atoms with Crippen LogP contribution in [0.2, 0.25) is 5.02 Å². The van der Waals surface area contributed by atoms with Crippen LogP contribution in [-0.2, 0) is 26.2 Å². The number of halogens is 1. The molecule has 9 heteroatoms. The molecule has 0 aromatic heterocycles. The van der Waals surface area contributed by atoms with Crippen molar-refractivity contribution >= 4 is 39.1 Å². The first-order valence-corrected chi connectivity index (χ1v) is 14.9. The second-order valence-electron chi connectivity index (χ2n) is 9.49. The quantitative estimate of drug-likeness (QED) is 0.313. The van der Waals surface area contributed by atoms with E-state index in [1.807, 2.05) is 33.8 Å². The highest BCUT2D eigenvalue weighted by molar-refractivity contribution is 7.92. The van der Waals surface area contributed by atoms with Crippen molar-refractivity contribution in [2.75, 3.05) is 17.4 Å². The lowest BCUT2D eigenvalue weighted by Crippen LogP contribution is -2.52. The number of nitrogens with one attached hydrogen (secondary N) is 1. The van der Waals surface area contributed by atoms with E-state index in [-0.39, 0.29) is 17.3 Å². The summed E-state index contributed by atoms with van der Waals surface area (Å²) in [7, 11) is -4.10. The highest BCUT2D eigenvalue weighted by Gasteiger charge is 2.33. The fourth-order valence-electron chi connectivity index (χ4n) is 4.17. The van der Waals surface area contributed by atoms with Crippen LogP contribution in [0.15, 0.2) is 77.7 Å². The summed E-state index contributed by atoms with van der Waals surface area (Å²) in [6.07, 6.45) is 1.09. The summed E-state index contributed by atoms with van der Waals surface area (Å²) in [4.78, 5) is 28.6. The lowest BCUT2D eigenvalue weighted by Gasteiger charge is -2.33. The minimum atomic E-state index is -4.10. The van der Waals surface area contributed by atoms with Crippen molar-refractivity contribution in [1.29, 1.82) is 0 Å². The van der Waals surface area contributed by atoms with E-state index in [2.05, 4.69) is 5.32 Å². The van der Waals surface area contributed by atoms with E-state index in [0.29, 0.717) is 29.2 Å². The third-order valence-corrected chi connectivity index (χ3v) is 8.60. The van der Waals surface area contributed by atoms with Crippen molar-refractivity contribution in [3.63, 3.8) is 0 Å². The minimum absolute atomic E-state index is 0.0584. The van der Waals surface area contributed by atoms with Gasteiger partial charge in [-0.3, -0.25) is 13.9 Å². The molecule has 0 fully saturated rings. The Kier molecular flexibility index (Phi) is 10.5. The molecule has 0 saturated heterocycles. The average molecular weight is 570 g/mol. The third kappa shape index (κ3) is 7.61. The van der Waals surface area contributed by atoms with E-state index in [0.717, 1.165) is 21.9 Å². The molecule has 3 rings (SSSR count). The SMILES string of the molecule is CCCNC(=O)C(CC)N(Cc1ccccc1Cl)C(=O)CN(c1ccc(C)cc1)S(=O)(=O)c1ccc(C)cc1. The maximum absolute atomic E-state index is 14.0. The van der Waals surface area contributed by atoms with Gasteiger partial charge in [-0.1, -0.05) is 79.0 Å². The van der Waals surface area contributed by atoms with Gasteiger partial charge in [0.2, 0.25) is 11.8 Å². The van der Waals surface area contributed by atoms with Crippen LogP contribution in [0.1, 0.15) is 43.4 Å². The van der Waals surface area contributed by atoms with Gasteiger partial charge in [0.05, 0.1) is 10.6 Å². The van der Waals surface area contributed by atoms with Gasteiger partial charge in [-0.25, -0.2) is 8.42 Å². The summed E-state index contributed by atoms with van der Waals surface area (Å²) in [6.45, 7) is 7.59. The Hall–Kier alpha value is -3.36. The third-order valence-electron chi connectivity index (χ3n) is 6.44. The summed E-state index contributed by atoms with van der Waals surface area (Å²) in [6, 6.07) is 19.8. The summed E-state index contributed by atoms with van der Waals surface area (Å²) < 4.78 is 28.8. The minimum Gasteiger partial charge on any atom is -0.354 e. The number of sulfonamides is 1. The predicted octanol–water partition coefficient (Wildman–Crippen LogP) is 5.49. The topological polar surface area (TPSA) is 86.8 Å². The zero-order chi connectivity index (χ0) is 28.6. The van der Waals surface area contributed by atoms with Gasteiger partial charge in [0, 0.05) is 18.1 Å². The second kappa shape index (κ2) is 13.6. The van der Waals surface area contributed by atoms with Crippen LogP contribution in [0.4, 0.5) is 5.69 Å². The molecule has 0 radical (unpaired) electrons. The maximum Gasteiger partial charge on any atom is 0.264 e. The highest BCUT2D eigenvalue weighted by atomic mass is 35.5. The molecule has 1 atom stereocenters. The molecule has 3 aromatic rings. The monoisotopic (exact) mass is 569 g/mol. The van der Waals surface area contributed by atoms with Gasteiger partial charge >= 0.3 is 0 Å². The Morgan fingerprint density at radius 3 is 2.05 bits per heavy atom. The van der Waals surface area contributed by atoms with E-state index < -0.39 is 28.5 Å². The van der Waals surface area contributed by atoms with Gasteiger partial charge in [-0.2, -0.15) is 0 Å². The molecule has 3 aromatic carbocycles. The molecule has 0 bridgehead atoms. The number of benzene rings is 3. The number of amides is 2. The summed E-state index contributed by atoms with van der Waals surface area (Å²) >= 11 is 6.42. The molecule has 2 amide bonds. The van der Waals surface area contributed by atoms with Crippen molar-refractivity contribution in [3.05, 3.63) is 94.5 Å². The standard InChI is InChI=1S/C30H36ClN3O4S/c1-5-19-32-30(36)28(6-2)33(20-24-9-7-8-10-27(24)31)29(35)21-34(25-15-11-22(3)12-16-25)39(37,38)26-17-13-23(4)14-18-26/h7-18,28H,5-6,19-21H2,1-4H3,(H,32,36). The molecule has 39 heavy (non-hydrogen) atoms. The van der Waals surface area contributed by atoms with Crippen molar-refractivity contribution in [2.24, 2.45) is 0 Å². The van der Waals surface area contributed by atoms with Gasteiger partial charge in [0.1, 0.15) is 12.6 Å². The predicted molar refractivity (Wildman–Crippen MR) is 156 cm³/mol. The Bertz CT molecular complexity index is 1380. The molecule has 0 spiro atoms. The molecule has 208 valence electrons. The summed E-state index contributed by atoms with van der Waals surface area (Å²) in [5.74, 6) is -0.798. The zero-order valence-electron chi connectivity index (χ0n) is 22.9. The van der Waals surface area contributed by atoms with Crippen molar-refractivity contribution in [1.82, 2.24) is 10.2 Å². The molecular formula is C30H36ClN3O4S. The highest BCUT2D eigenvalue weighted by Crippen LogP contribution is 2.26. The maximum atomic E-state index is 14.0. The van der Waals surface area contributed by atoms with Crippen molar-refractivity contribution in [2.45, 2.75) is 58.0 Å². The van der Waals surface area contributed by atoms with Crippen LogP contribution < -0.4 is 9.62 Å². The smallest absolute Gasteiger partial charge is 0.264 e. The van der Waals surface area contributed by atoms with Crippen LogP contribution in [0.25, 0.3) is 0 Å². The van der Waals surface area contributed by atoms with Crippen LogP contribution in [-0.4, -0.2) is 44.3 Å². The first kappa shape index (κ1) is 30.2. The van der Waals surface area contributed by atoms with Crippen molar-refractivity contribution in [3.8, 4) is 0 Å². The number of aryl methyl sites for hydroxylation is 2. The van der Waals surface area contributed by atoms with Gasteiger partial charge in [0.15, 0.2) is 0 Å². The first-order chi connectivity index (χ1) is 18.6. The molecule has 1 unspecified atom stereocenters. The number of carbonyl (C=O) groups is 2. The molecule has 0 aliphatic heterocycles. The van der Waals surface area contributed by atoms with E-state index >= 15 is 0 Å². The molecule has 0 saturated carbocycles. The molecule has 0 heterocycles. The first-order valence-electron chi connectivity index (χ1n) is 13.0. The zero-order valence-corrected chi connectivity index (χ0v) is 24.4. The van der Waals surface area contributed by atoms with Crippen LogP contribution in [0.5, 0.6) is 0 Å². The number of hydrogen-bond acceptors (Lipinski definition) is 4. The average Bonchev–Trinajstić information content (AvgIpc) is 2.92. The fraction of sp³-hybridized carbons (Fsp3) is 0.333. The Balaban J connectivity index is 2.05. The molecule has 1 N–H and O–H groups in total. The Labute approximate surface area is 236 Å². The van der Waals surface area contributed by atoms with E-state index in [4.69, 9.17) is 11.6 Å². The largest absolute Gasteiger partial charge is 0.354 e. The van der Waals surface area contributed by atoms with Gasteiger partial charge in [0.25, 0.3) is 10.0 Å². The second-order valence-corrected chi connectivity index (χ2v) is 11.8. The molecular weight excluding hydrogens is 534 g/mol. The normalized spacial score (nSPS) is 12.0. The Morgan fingerprint density at radius 2 is 1.49 bits per heavy atom. The number of rotatable bonds is 12. The molecule has 0 aliphatic rings. The lowest BCUT2D eigenvalue weighted by molar-refractivity contribution is -0.140. The van der Waals surface area contributed by atoms with Crippen molar-refractivity contribution < 1.29 is 18.0 Å². The number of anilines is 1. The van der Waals surface area contributed by atoms with Gasteiger partial charge < -0.3 is 10.2 Å². The lowest BCUT2D eigenvalue weighted by atomic mass is 10.1. The number of nitrogens with zero attached hydrogens (tertiary/aromatic N) is 2. The van der Waals surface area contributed by atoms with Crippen LogP contribution in [0, 0.1) is 13.8 Å². The van der Waals surface area contributed by atoms with Gasteiger partial charge in [-0.15, -0.1) is 0 Å². The summed E-state index contributed by atoms with van der Waals surface area (Å²) in [5.41, 5.74) is 2.90.